The van der Waals surface area contributed by atoms with E-state index in [4.69, 9.17) is 4.74 Å². The monoisotopic (exact) mass is 479 g/mol. The summed E-state index contributed by atoms with van der Waals surface area (Å²) in [6.07, 6.45) is 4.28. The molecule has 25 heavy (non-hydrogen) atoms. The van der Waals surface area contributed by atoms with Crippen molar-refractivity contribution in [3.8, 4) is 5.75 Å². The van der Waals surface area contributed by atoms with Crippen molar-refractivity contribution in [2.45, 2.75) is 43.9 Å². The van der Waals surface area contributed by atoms with Crippen LogP contribution in [0.25, 0.3) is 0 Å². The molecule has 1 fully saturated rings. The minimum atomic E-state index is -0.699. The van der Waals surface area contributed by atoms with Gasteiger partial charge in [-0.25, -0.2) is 0 Å². The lowest BCUT2D eigenvalue weighted by molar-refractivity contribution is 0.321. The summed E-state index contributed by atoms with van der Waals surface area (Å²) in [6, 6.07) is 10.1. The van der Waals surface area contributed by atoms with Crippen LogP contribution in [0.1, 0.15) is 32.6 Å². The van der Waals surface area contributed by atoms with E-state index >= 15 is 0 Å². The molecule has 0 heterocycles. The van der Waals surface area contributed by atoms with E-state index < -0.39 is 10.8 Å². The van der Waals surface area contributed by atoms with Gasteiger partial charge >= 0.3 is 0 Å². The number of nitrogens with one attached hydrogen (secondary N) is 2. The number of ether oxygens (including phenoxy) is 1. The minimum absolute atomic E-state index is 0. The summed E-state index contributed by atoms with van der Waals surface area (Å²) < 4.78 is 17.7. The Hall–Kier alpha value is -0.830. The summed E-state index contributed by atoms with van der Waals surface area (Å²) in [7, 11) is 1.08. The Balaban J connectivity index is 0.00000312. The predicted octanol–water partition coefficient (Wildman–Crippen LogP) is 2.93. The molecule has 2 rings (SSSR count). The van der Waals surface area contributed by atoms with Crippen molar-refractivity contribution in [3.63, 3.8) is 0 Å². The van der Waals surface area contributed by atoms with Gasteiger partial charge in [-0.15, -0.1) is 24.0 Å². The number of hydrogen-bond acceptors (Lipinski definition) is 3. The van der Waals surface area contributed by atoms with Crippen LogP contribution in [0.4, 0.5) is 0 Å². The van der Waals surface area contributed by atoms with Crippen LogP contribution in [0.5, 0.6) is 5.75 Å². The lowest BCUT2D eigenvalue weighted by Crippen LogP contribution is -2.47. The third-order valence-corrected chi connectivity index (χ3v) is 5.99. The summed E-state index contributed by atoms with van der Waals surface area (Å²) in [5.74, 6) is 2.42. The first-order valence-corrected chi connectivity index (χ1v) is 10.1. The third kappa shape index (κ3) is 7.94. The molecule has 0 radical (unpaired) electrons. The van der Waals surface area contributed by atoms with Crippen LogP contribution < -0.4 is 15.4 Å². The van der Waals surface area contributed by atoms with Gasteiger partial charge in [-0.05, 0) is 31.4 Å². The minimum Gasteiger partial charge on any atom is -0.492 e. The maximum absolute atomic E-state index is 12.0. The lowest BCUT2D eigenvalue weighted by Gasteiger charge is -2.30. The van der Waals surface area contributed by atoms with E-state index in [0.29, 0.717) is 24.4 Å². The SMILES string of the molecule is CCS(=O)C1CCCC(NC(=NC)NCCOc2ccccc2)C1.I. The van der Waals surface area contributed by atoms with Gasteiger partial charge in [0.25, 0.3) is 0 Å². The standard InChI is InChI=1S/C18H29N3O2S.HI/c1-3-24(22)17-11-7-8-15(14-17)21-18(19-2)20-12-13-23-16-9-5-4-6-10-16;/h4-6,9-10,15,17H,3,7-8,11-14H2,1-2H3,(H2,19,20,21);1H. The second-order valence-electron chi connectivity index (χ2n) is 5.96. The fraction of sp³-hybridized carbons (Fsp3) is 0.611. The van der Waals surface area contributed by atoms with Gasteiger partial charge in [-0.1, -0.05) is 31.5 Å². The molecule has 0 aliphatic heterocycles. The molecule has 0 amide bonds. The molecule has 1 aliphatic rings. The Morgan fingerprint density at radius 1 is 1.32 bits per heavy atom. The smallest absolute Gasteiger partial charge is 0.191 e. The van der Waals surface area contributed by atoms with Crippen molar-refractivity contribution in [1.82, 2.24) is 10.6 Å². The molecule has 0 aromatic heterocycles. The number of halogens is 1. The van der Waals surface area contributed by atoms with E-state index in [1.54, 1.807) is 7.05 Å². The molecular formula is C18H30IN3O2S. The fourth-order valence-corrected chi connectivity index (χ4v) is 4.34. The van der Waals surface area contributed by atoms with E-state index in [0.717, 1.165) is 43.1 Å². The van der Waals surface area contributed by atoms with Crippen LogP contribution in [0.15, 0.2) is 35.3 Å². The lowest BCUT2D eigenvalue weighted by atomic mass is 9.95. The highest BCUT2D eigenvalue weighted by atomic mass is 127. The highest BCUT2D eigenvalue weighted by molar-refractivity contribution is 14.0. The summed E-state index contributed by atoms with van der Waals surface area (Å²) in [6.45, 7) is 3.27. The number of guanidine groups is 1. The Morgan fingerprint density at radius 2 is 2.08 bits per heavy atom. The number of rotatable bonds is 7. The summed E-state index contributed by atoms with van der Waals surface area (Å²) >= 11 is 0. The molecule has 0 bridgehead atoms. The van der Waals surface area contributed by atoms with Gasteiger partial charge in [-0.2, -0.15) is 0 Å². The molecule has 1 aromatic carbocycles. The molecule has 2 N–H and O–H groups in total. The first kappa shape index (κ1) is 22.2. The van der Waals surface area contributed by atoms with Crippen LogP contribution in [0.3, 0.4) is 0 Å². The summed E-state index contributed by atoms with van der Waals surface area (Å²) in [5, 5.41) is 7.07. The molecule has 0 saturated heterocycles. The van der Waals surface area contributed by atoms with Gasteiger partial charge in [0.15, 0.2) is 5.96 Å². The number of aliphatic imine (C=N–C) groups is 1. The van der Waals surface area contributed by atoms with Crippen molar-refractivity contribution in [2.75, 3.05) is 26.0 Å². The van der Waals surface area contributed by atoms with Crippen molar-refractivity contribution >= 4 is 40.7 Å². The normalized spacial score (nSPS) is 21.8. The topological polar surface area (TPSA) is 62.7 Å². The van der Waals surface area contributed by atoms with Crippen LogP contribution in [0, 0.1) is 0 Å². The van der Waals surface area contributed by atoms with E-state index in [1.807, 2.05) is 37.3 Å². The van der Waals surface area contributed by atoms with Gasteiger partial charge in [-0.3, -0.25) is 9.20 Å². The molecule has 1 saturated carbocycles. The maximum atomic E-state index is 12.0. The fourth-order valence-electron chi connectivity index (χ4n) is 2.99. The van der Waals surface area contributed by atoms with Crippen molar-refractivity contribution in [1.29, 1.82) is 0 Å². The van der Waals surface area contributed by atoms with E-state index in [2.05, 4.69) is 15.6 Å². The highest BCUT2D eigenvalue weighted by Gasteiger charge is 2.25. The first-order valence-electron chi connectivity index (χ1n) is 8.75. The van der Waals surface area contributed by atoms with Gasteiger partial charge < -0.3 is 15.4 Å². The summed E-state index contributed by atoms with van der Waals surface area (Å²) in [5.41, 5.74) is 0. The van der Waals surface area contributed by atoms with E-state index in [1.165, 1.54) is 0 Å². The van der Waals surface area contributed by atoms with Gasteiger partial charge in [0, 0.05) is 34.9 Å². The predicted molar refractivity (Wildman–Crippen MR) is 117 cm³/mol. The van der Waals surface area contributed by atoms with Gasteiger partial charge in [0.05, 0.1) is 6.54 Å². The Kier molecular flexibility index (Phi) is 11.1. The summed E-state index contributed by atoms with van der Waals surface area (Å²) in [4.78, 5) is 4.28. The van der Waals surface area contributed by atoms with Crippen molar-refractivity contribution in [2.24, 2.45) is 4.99 Å². The second-order valence-corrected chi connectivity index (χ2v) is 7.97. The largest absolute Gasteiger partial charge is 0.492 e. The van der Waals surface area contributed by atoms with Crippen molar-refractivity contribution < 1.29 is 8.95 Å². The third-order valence-electron chi connectivity index (χ3n) is 4.25. The first-order chi connectivity index (χ1) is 11.7. The zero-order chi connectivity index (χ0) is 17.2. The molecule has 1 aromatic rings. The highest BCUT2D eigenvalue weighted by Crippen LogP contribution is 2.22. The van der Waals surface area contributed by atoms with Gasteiger partial charge in [0.1, 0.15) is 12.4 Å². The Bertz CT molecular complexity index is 542. The molecular weight excluding hydrogens is 449 g/mol. The number of hydrogen-bond donors (Lipinski definition) is 2. The number of para-hydroxylation sites is 1. The quantitative estimate of drug-likeness (QED) is 0.273. The Labute approximate surface area is 170 Å². The molecule has 7 heteroatoms. The zero-order valence-electron chi connectivity index (χ0n) is 15.1. The maximum Gasteiger partial charge on any atom is 0.191 e. The Morgan fingerprint density at radius 3 is 2.76 bits per heavy atom. The molecule has 0 spiro atoms. The number of nitrogens with zero attached hydrogens (tertiary/aromatic N) is 1. The second kappa shape index (κ2) is 12.5. The molecule has 142 valence electrons. The molecule has 3 unspecified atom stereocenters. The van der Waals surface area contributed by atoms with Crippen LogP contribution in [-0.4, -0.2) is 47.4 Å². The van der Waals surface area contributed by atoms with Gasteiger partial charge in [0.2, 0.25) is 0 Å². The number of benzene rings is 1. The van der Waals surface area contributed by atoms with E-state index in [-0.39, 0.29) is 24.0 Å². The van der Waals surface area contributed by atoms with Crippen LogP contribution in [0.2, 0.25) is 0 Å². The average molecular weight is 479 g/mol. The average Bonchev–Trinajstić information content (AvgIpc) is 2.64. The zero-order valence-corrected chi connectivity index (χ0v) is 18.2. The molecule has 3 atom stereocenters. The van der Waals surface area contributed by atoms with Crippen LogP contribution in [-0.2, 0) is 10.8 Å². The molecule has 1 aliphatic carbocycles. The van der Waals surface area contributed by atoms with E-state index in [9.17, 15) is 4.21 Å². The van der Waals surface area contributed by atoms with Crippen molar-refractivity contribution in [3.05, 3.63) is 30.3 Å². The molecule has 5 nitrogen and oxygen atoms in total. The van der Waals surface area contributed by atoms with Crippen LogP contribution >= 0.6 is 24.0 Å².